The third-order valence-electron chi connectivity index (χ3n) is 2.17. The van der Waals surface area contributed by atoms with Gasteiger partial charge in [-0.3, -0.25) is 0 Å². The van der Waals surface area contributed by atoms with Gasteiger partial charge in [-0.25, -0.2) is 0 Å². The molecule has 2 aromatic rings. The Morgan fingerprint density at radius 3 is 2.53 bits per heavy atom. The molecule has 0 aliphatic heterocycles. The number of nitrogen functional groups attached to an aromatic ring is 1. The second-order valence-electron chi connectivity index (χ2n) is 3.31. The fourth-order valence-corrected chi connectivity index (χ4v) is 2.01. The van der Waals surface area contributed by atoms with Crippen molar-refractivity contribution in [1.82, 2.24) is 10.2 Å². The Kier molecular flexibility index (Phi) is 3.36. The number of hydrogen-bond acceptors (Lipinski definition) is 4. The van der Waals surface area contributed by atoms with Gasteiger partial charge in [0.25, 0.3) is 0 Å². The Bertz CT molecular complexity index is 543. The molecule has 0 atom stereocenters. The molecule has 1 aromatic carbocycles. The number of methoxy groups -OCH3 is 1. The number of benzene rings is 1. The summed E-state index contributed by atoms with van der Waals surface area (Å²) in [6.45, 7) is 0. The van der Waals surface area contributed by atoms with Crippen LogP contribution in [0.3, 0.4) is 0 Å². The molecule has 0 aliphatic rings. The monoisotopic (exact) mass is 269 g/mol. The molecule has 0 amide bonds. The molecule has 2 N–H and O–H groups in total. The van der Waals surface area contributed by atoms with Gasteiger partial charge in [-0.05, 0) is 24.3 Å². The van der Waals surface area contributed by atoms with Crippen LogP contribution in [0.4, 0.5) is 5.82 Å². The van der Waals surface area contributed by atoms with Crippen molar-refractivity contribution in [3.05, 3.63) is 34.3 Å². The minimum absolute atomic E-state index is 0.348. The lowest BCUT2D eigenvalue weighted by atomic mass is 10.1. The summed E-state index contributed by atoms with van der Waals surface area (Å²) >= 11 is 12.0. The van der Waals surface area contributed by atoms with Gasteiger partial charge in [0.15, 0.2) is 0 Å². The van der Waals surface area contributed by atoms with E-state index in [0.717, 1.165) is 0 Å². The maximum atomic E-state index is 6.03. The highest BCUT2D eigenvalue weighted by molar-refractivity contribution is 6.36. The van der Waals surface area contributed by atoms with Crippen LogP contribution < -0.4 is 10.5 Å². The molecule has 17 heavy (non-hydrogen) atoms. The van der Waals surface area contributed by atoms with Crippen molar-refractivity contribution in [3.8, 4) is 17.0 Å². The molecule has 0 aliphatic carbocycles. The van der Waals surface area contributed by atoms with Gasteiger partial charge in [0.2, 0.25) is 0 Å². The van der Waals surface area contributed by atoms with Crippen molar-refractivity contribution < 1.29 is 4.74 Å². The van der Waals surface area contributed by atoms with E-state index < -0.39 is 0 Å². The largest absolute Gasteiger partial charge is 0.494 e. The van der Waals surface area contributed by atoms with E-state index in [2.05, 4.69) is 10.2 Å². The summed E-state index contributed by atoms with van der Waals surface area (Å²) in [5.41, 5.74) is 6.75. The standard InChI is InChI=1S/C11H9Cl2N3O/c1-17-11-7(4-6(12)5-8(11)13)9-2-3-10(14)16-15-9/h2-5H,1H3,(H2,14,16). The normalized spacial score (nSPS) is 10.3. The summed E-state index contributed by atoms with van der Waals surface area (Å²) in [4.78, 5) is 0. The quantitative estimate of drug-likeness (QED) is 0.911. The lowest BCUT2D eigenvalue weighted by Crippen LogP contribution is -1.96. The Hall–Kier alpha value is -1.52. The van der Waals surface area contributed by atoms with E-state index in [4.69, 9.17) is 33.7 Å². The zero-order valence-corrected chi connectivity index (χ0v) is 10.5. The lowest BCUT2D eigenvalue weighted by Gasteiger charge is -2.10. The van der Waals surface area contributed by atoms with Gasteiger partial charge in [-0.1, -0.05) is 23.2 Å². The molecule has 4 nitrogen and oxygen atoms in total. The summed E-state index contributed by atoms with van der Waals surface area (Å²) in [6, 6.07) is 6.70. The lowest BCUT2D eigenvalue weighted by molar-refractivity contribution is 0.416. The number of rotatable bonds is 2. The van der Waals surface area contributed by atoms with E-state index in [1.54, 1.807) is 24.3 Å². The molecule has 0 saturated heterocycles. The first kappa shape index (κ1) is 12.0. The Morgan fingerprint density at radius 2 is 1.94 bits per heavy atom. The van der Waals surface area contributed by atoms with E-state index >= 15 is 0 Å². The van der Waals surface area contributed by atoms with Crippen molar-refractivity contribution in [2.75, 3.05) is 12.8 Å². The van der Waals surface area contributed by atoms with E-state index in [9.17, 15) is 0 Å². The van der Waals surface area contributed by atoms with Crippen LogP contribution in [0.1, 0.15) is 0 Å². The van der Waals surface area contributed by atoms with E-state index in [1.807, 2.05) is 0 Å². The molecular formula is C11H9Cl2N3O. The van der Waals surface area contributed by atoms with Crippen molar-refractivity contribution in [1.29, 1.82) is 0 Å². The minimum atomic E-state index is 0.348. The molecular weight excluding hydrogens is 261 g/mol. The molecule has 0 unspecified atom stereocenters. The zero-order chi connectivity index (χ0) is 12.4. The molecule has 88 valence electrons. The number of hydrogen-bond donors (Lipinski definition) is 1. The highest BCUT2D eigenvalue weighted by Crippen LogP contribution is 2.37. The number of anilines is 1. The van der Waals surface area contributed by atoms with Gasteiger partial charge in [0.1, 0.15) is 11.6 Å². The third kappa shape index (κ3) is 2.43. The first-order valence-corrected chi connectivity index (χ1v) is 5.50. The maximum absolute atomic E-state index is 6.03. The molecule has 0 radical (unpaired) electrons. The Labute approximate surface area is 108 Å². The highest BCUT2D eigenvalue weighted by atomic mass is 35.5. The zero-order valence-electron chi connectivity index (χ0n) is 8.95. The Balaban J connectivity index is 2.61. The van der Waals surface area contributed by atoms with Crippen molar-refractivity contribution in [2.45, 2.75) is 0 Å². The predicted molar refractivity (Wildman–Crippen MR) is 68.5 cm³/mol. The SMILES string of the molecule is COc1c(Cl)cc(Cl)cc1-c1ccc(N)nn1. The molecule has 0 fully saturated rings. The second-order valence-corrected chi connectivity index (χ2v) is 4.16. The molecule has 2 rings (SSSR count). The van der Waals surface area contributed by atoms with Crippen LogP contribution in [0.15, 0.2) is 24.3 Å². The number of halogens is 2. The van der Waals surface area contributed by atoms with Crippen molar-refractivity contribution >= 4 is 29.0 Å². The van der Waals surface area contributed by atoms with Crippen LogP contribution in [0.25, 0.3) is 11.3 Å². The van der Waals surface area contributed by atoms with Gasteiger partial charge in [-0.15, -0.1) is 10.2 Å². The molecule has 0 spiro atoms. The molecule has 0 saturated carbocycles. The molecule has 1 heterocycles. The second kappa shape index (κ2) is 4.77. The fraction of sp³-hybridized carbons (Fsp3) is 0.0909. The number of aromatic nitrogens is 2. The van der Waals surface area contributed by atoms with E-state index in [-0.39, 0.29) is 0 Å². The summed E-state index contributed by atoms with van der Waals surface area (Å²) in [5.74, 6) is 0.857. The first-order chi connectivity index (χ1) is 8.11. The average Bonchev–Trinajstić information content (AvgIpc) is 2.29. The number of ether oxygens (including phenoxy) is 1. The molecule has 6 heteroatoms. The van der Waals surface area contributed by atoms with Crippen LogP contribution in [0.2, 0.25) is 10.0 Å². The summed E-state index contributed by atoms with van der Waals surface area (Å²) in [5, 5.41) is 8.67. The van der Waals surface area contributed by atoms with Gasteiger partial charge in [0, 0.05) is 10.6 Å². The van der Waals surface area contributed by atoms with Gasteiger partial charge < -0.3 is 10.5 Å². The third-order valence-corrected chi connectivity index (χ3v) is 2.67. The fourth-order valence-electron chi connectivity index (χ4n) is 1.44. The summed E-state index contributed by atoms with van der Waals surface area (Å²) in [7, 11) is 1.53. The van der Waals surface area contributed by atoms with Gasteiger partial charge in [-0.2, -0.15) is 0 Å². The van der Waals surface area contributed by atoms with Gasteiger partial charge >= 0.3 is 0 Å². The van der Waals surface area contributed by atoms with E-state index in [1.165, 1.54) is 7.11 Å². The maximum Gasteiger partial charge on any atom is 0.147 e. The first-order valence-electron chi connectivity index (χ1n) is 4.74. The summed E-state index contributed by atoms with van der Waals surface area (Å²) in [6.07, 6.45) is 0. The van der Waals surface area contributed by atoms with Crippen LogP contribution in [0.5, 0.6) is 5.75 Å². The van der Waals surface area contributed by atoms with Crippen molar-refractivity contribution in [2.24, 2.45) is 0 Å². The summed E-state index contributed by atoms with van der Waals surface area (Å²) < 4.78 is 5.23. The Morgan fingerprint density at radius 1 is 1.18 bits per heavy atom. The van der Waals surface area contributed by atoms with Crippen LogP contribution >= 0.6 is 23.2 Å². The number of nitrogens with two attached hydrogens (primary N) is 1. The number of nitrogens with zero attached hydrogens (tertiary/aromatic N) is 2. The topological polar surface area (TPSA) is 61.0 Å². The van der Waals surface area contributed by atoms with Crippen LogP contribution in [-0.2, 0) is 0 Å². The smallest absolute Gasteiger partial charge is 0.147 e. The predicted octanol–water partition coefficient (Wildman–Crippen LogP) is 3.04. The van der Waals surface area contributed by atoms with E-state index in [0.29, 0.717) is 32.9 Å². The molecule has 0 bridgehead atoms. The van der Waals surface area contributed by atoms with Gasteiger partial charge in [0.05, 0.1) is 17.8 Å². The van der Waals surface area contributed by atoms with Crippen molar-refractivity contribution in [3.63, 3.8) is 0 Å². The average molecular weight is 270 g/mol. The minimum Gasteiger partial charge on any atom is -0.494 e. The van der Waals surface area contributed by atoms with Crippen LogP contribution in [-0.4, -0.2) is 17.3 Å². The van der Waals surface area contributed by atoms with Crippen LogP contribution in [0, 0.1) is 0 Å². The highest BCUT2D eigenvalue weighted by Gasteiger charge is 2.13. The molecule has 1 aromatic heterocycles.